The molecular formula is C10H11BrClNO3. The van der Waals surface area contributed by atoms with Crippen molar-refractivity contribution in [2.45, 2.75) is 12.5 Å². The number of halogens is 2. The Labute approximate surface area is 106 Å². The molecule has 0 heterocycles. The number of aliphatic hydroxyl groups is 1. The number of anilines is 1. The first kappa shape index (κ1) is 13.3. The Kier molecular flexibility index (Phi) is 5.05. The van der Waals surface area contributed by atoms with Gasteiger partial charge < -0.3 is 15.5 Å². The van der Waals surface area contributed by atoms with Crippen LogP contribution in [0.2, 0.25) is 5.02 Å². The molecule has 1 atom stereocenters. The summed E-state index contributed by atoms with van der Waals surface area (Å²) >= 11 is 9.11. The zero-order valence-electron chi connectivity index (χ0n) is 8.28. The second kappa shape index (κ2) is 6.08. The number of carboxylic acid groups (broad SMARTS) is 1. The highest BCUT2D eigenvalue weighted by Crippen LogP contribution is 2.25. The molecule has 0 aromatic heterocycles. The average molecular weight is 309 g/mol. The monoisotopic (exact) mass is 307 g/mol. The van der Waals surface area contributed by atoms with E-state index < -0.39 is 12.1 Å². The van der Waals surface area contributed by atoms with E-state index in [4.69, 9.17) is 16.7 Å². The van der Waals surface area contributed by atoms with Crippen LogP contribution in [0.15, 0.2) is 22.7 Å². The minimum Gasteiger partial charge on any atom is -0.481 e. The van der Waals surface area contributed by atoms with Gasteiger partial charge in [0.1, 0.15) is 0 Å². The van der Waals surface area contributed by atoms with E-state index in [1.54, 1.807) is 18.2 Å². The van der Waals surface area contributed by atoms with Gasteiger partial charge >= 0.3 is 5.97 Å². The van der Waals surface area contributed by atoms with E-state index in [9.17, 15) is 9.90 Å². The third-order valence-corrected chi connectivity index (χ3v) is 2.79. The third kappa shape index (κ3) is 4.38. The van der Waals surface area contributed by atoms with Crippen LogP contribution in [-0.2, 0) is 4.79 Å². The van der Waals surface area contributed by atoms with Crippen LogP contribution in [0.1, 0.15) is 6.42 Å². The normalized spacial score (nSPS) is 12.2. The van der Waals surface area contributed by atoms with Gasteiger partial charge in [-0.3, -0.25) is 4.79 Å². The number of carboxylic acids is 1. The van der Waals surface area contributed by atoms with E-state index in [1.165, 1.54) is 0 Å². The minimum atomic E-state index is -1.03. The molecule has 16 heavy (non-hydrogen) atoms. The molecule has 0 radical (unpaired) electrons. The molecule has 1 aromatic rings. The topological polar surface area (TPSA) is 69.6 Å². The van der Waals surface area contributed by atoms with Gasteiger partial charge in [-0.1, -0.05) is 11.6 Å². The van der Waals surface area contributed by atoms with Gasteiger partial charge in [-0.25, -0.2) is 0 Å². The minimum absolute atomic E-state index is 0.158. The van der Waals surface area contributed by atoms with Crippen molar-refractivity contribution < 1.29 is 15.0 Å². The van der Waals surface area contributed by atoms with Gasteiger partial charge in [0, 0.05) is 21.7 Å². The molecule has 1 unspecified atom stereocenters. The Bertz CT molecular complexity index is 386. The smallest absolute Gasteiger partial charge is 0.306 e. The van der Waals surface area contributed by atoms with Crippen LogP contribution in [0, 0.1) is 0 Å². The number of hydrogen-bond donors (Lipinski definition) is 3. The Morgan fingerprint density at radius 1 is 1.56 bits per heavy atom. The molecule has 0 amide bonds. The van der Waals surface area contributed by atoms with Gasteiger partial charge in [0.2, 0.25) is 0 Å². The Balaban J connectivity index is 2.54. The molecule has 0 aliphatic rings. The molecule has 1 rings (SSSR count). The largest absolute Gasteiger partial charge is 0.481 e. The lowest BCUT2D eigenvalue weighted by atomic mass is 10.2. The van der Waals surface area contributed by atoms with E-state index >= 15 is 0 Å². The maximum atomic E-state index is 10.3. The summed E-state index contributed by atoms with van der Waals surface area (Å²) in [6, 6.07) is 5.19. The molecule has 0 saturated heterocycles. The molecule has 0 bridgehead atoms. The van der Waals surface area contributed by atoms with Crippen molar-refractivity contribution in [3.8, 4) is 0 Å². The van der Waals surface area contributed by atoms with E-state index in [0.29, 0.717) is 5.02 Å². The van der Waals surface area contributed by atoms with Gasteiger partial charge in [0.25, 0.3) is 0 Å². The van der Waals surface area contributed by atoms with E-state index in [-0.39, 0.29) is 13.0 Å². The van der Waals surface area contributed by atoms with Crippen LogP contribution in [-0.4, -0.2) is 28.8 Å². The standard InChI is InChI=1S/C10H11BrClNO3/c11-8-2-1-6(12)3-9(8)13-5-7(14)4-10(15)16/h1-3,7,13-14H,4-5H2,(H,15,16). The number of hydrogen-bond acceptors (Lipinski definition) is 3. The van der Waals surface area contributed by atoms with Gasteiger partial charge in [-0.15, -0.1) is 0 Å². The lowest BCUT2D eigenvalue weighted by Gasteiger charge is -2.12. The number of aliphatic hydroxyl groups excluding tert-OH is 1. The molecule has 3 N–H and O–H groups in total. The molecule has 0 aliphatic heterocycles. The Morgan fingerprint density at radius 3 is 2.88 bits per heavy atom. The van der Waals surface area contributed by atoms with Gasteiger partial charge in [-0.2, -0.15) is 0 Å². The van der Waals surface area contributed by atoms with Crippen molar-refractivity contribution in [2.75, 3.05) is 11.9 Å². The van der Waals surface area contributed by atoms with Crippen LogP contribution in [0.3, 0.4) is 0 Å². The van der Waals surface area contributed by atoms with Crippen molar-refractivity contribution >= 4 is 39.2 Å². The molecule has 0 spiro atoms. The zero-order chi connectivity index (χ0) is 12.1. The van der Waals surface area contributed by atoms with Crippen LogP contribution in [0.5, 0.6) is 0 Å². The average Bonchev–Trinajstić information content (AvgIpc) is 2.18. The number of carbonyl (C=O) groups is 1. The van der Waals surface area contributed by atoms with E-state index in [2.05, 4.69) is 21.2 Å². The number of nitrogens with one attached hydrogen (secondary N) is 1. The first-order valence-corrected chi connectivity index (χ1v) is 5.75. The lowest BCUT2D eigenvalue weighted by Crippen LogP contribution is -2.22. The fourth-order valence-electron chi connectivity index (χ4n) is 1.13. The van der Waals surface area contributed by atoms with Gasteiger partial charge in [-0.05, 0) is 34.1 Å². The predicted molar refractivity (Wildman–Crippen MR) is 65.9 cm³/mol. The second-order valence-electron chi connectivity index (χ2n) is 3.26. The SMILES string of the molecule is O=C(O)CC(O)CNc1cc(Cl)ccc1Br. The highest BCUT2D eigenvalue weighted by Gasteiger charge is 2.09. The van der Waals surface area contributed by atoms with Crippen LogP contribution in [0.4, 0.5) is 5.69 Å². The first-order valence-electron chi connectivity index (χ1n) is 4.58. The summed E-state index contributed by atoms with van der Waals surface area (Å²) in [6.45, 7) is 0.158. The van der Waals surface area contributed by atoms with Crippen molar-refractivity contribution in [3.63, 3.8) is 0 Å². The van der Waals surface area contributed by atoms with Crippen molar-refractivity contribution in [1.29, 1.82) is 0 Å². The van der Waals surface area contributed by atoms with E-state index in [0.717, 1.165) is 10.2 Å². The van der Waals surface area contributed by atoms with Gasteiger partial charge in [0.05, 0.1) is 12.5 Å². The van der Waals surface area contributed by atoms with Crippen LogP contribution in [0.25, 0.3) is 0 Å². The molecule has 0 aliphatic carbocycles. The van der Waals surface area contributed by atoms with Crippen molar-refractivity contribution in [3.05, 3.63) is 27.7 Å². The number of benzene rings is 1. The fourth-order valence-corrected chi connectivity index (χ4v) is 1.69. The molecule has 88 valence electrons. The summed E-state index contributed by atoms with van der Waals surface area (Å²) in [5.74, 6) is -1.03. The molecule has 4 nitrogen and oxygen atoms in total. The summed E-state index contributed by atoms with van der Waals surface area (Å²) in [4.78, 5) is 10.3. The van der Waals surface area contributed by atoms with Crippen LogP contribution < -0.4 is 5.32 Å². The maximum Gasteiger partial charge on any atom is 0.306 e. The van der Waals surface area contributed by atoms with Crippen molar-refractivity contribution in [1.82, 2.24) is 0 Å². The van der Waals surface area contributed by atoms with Gasteiger partial charge in [0.15, 0.2) is 0 Å². The number of aliphatic carboxylic acids is 1. The summed E-state index contributed by atoms with van der Waals surface area (Å²) in [5.41, 5.74) is 0.719. The zero-order valence-corrected chi connectivity index (χ0v) is 10.6. The van der Waals surface area contributed by atoms with E-state index in [1.807, 2.05) is 0 Å². The maximum absolute atomic E-state index is 10.3. The number of rotatable bonds is 5. The van der Waals surface area contributed by atoms with Crippen molar-refractivity contribution in [2.24, 2.45) is 0 Å². The lowest BCUT2D eigenvalue weighted by molar-refractivity contribution is -0.138. The first-order chi connectivity index (χ1) is 7.49. The summed E-state index contributed by atoms with van der Waals surface area (Å²) < 4.78 is 0.805. The van der Waals surface area contributed by atoms with Crippen LogP contribution >= 0.6 is 27.5 Å². The highest BCUT2D eigenvalue weighted by atomic mass is 79.9. The Morgan fingerprint density at radius 2 is 2.25 bits per heavy atom. The fraction of sp³-hybridized carbons (Fsp3) is 0.300. The molecule has 0 saturated carbocycles. The summed E-state index contributed by atoms with van der Waals surface area (Å²) in [5, 5.41) is 21.3. The molecular weight excluding hydrogens is 297 g/mol. The molecule has 0 fully saturated rings. The highest BCUT2D eigenvalue weighted by molar-refractivity contribution is 9.10. The third-order valence-electron chi connectivity index (χ3n) is 1.87. The quantitative estimate of drug-likeness (QED) is 0.781. The Hall–Kier alpha value is -0.780. The second-order valence-corrected chi connectivity index (χ2v) is 4.55. The predicted octanol–water partition coefficient (Wildman–Crippen LogP) is 2.35. The summed E-state index contributed by atoms with van der Waals surface area (Å²) in [7, 11) is 0. The molecule has 1 aromatic carbocycles. The molecule has 6 heteroatoms. The summed E-state index contributed by atoms with van der Waals surface area (Å²) in [6.07, 6.45) is -1.21.